The molecule has 0 bridgehead atoms. The van der Waals surface area contributed by atoms with E-state index in [2.05, 4.69) is 29.3 Å². The second-order valence-corrected chi connectivity index (χ2v) is 6.19. The topological polar surface area (TPSA) is 24.7 Å². The van der Waals surface area contributed by atoms with Gasteiger partial charge in [0, 0.05) is 5.56 Å². The molecule has 2 aromatic rings. The van der Waals surface area contributed by atoms with Crippen molar-refractivity contribution in [2.45, 2.75) is 45.4 Å². The van der Waals surface area contributed by atoms with Crippen molar-refractivity contribution in [1.29, 1.82) is 0 Å². The van der Waals surface area contributed by atoms with E-state index in [0.717, 1.165) is 24.1 Å². The van der Waals surface area contributed by atoms with Gasteiger partial charge in [-0.05, 0) is 36.1 Å². The van der Waals surface area contributed by atoms with Crippen molar-refractivity contribution in [2.24, 2.45) is 10.2 Å². The molecule has 0 heterocycles. The fraction of sp³-hybridized carbons (Fsp3) is 0.333. The highest BCUT2D eigenvalue weighted by atomic mass is 19.2. The molecule has 2 rings (SSSR count). The smallest absolute Gasteiger partial charge is 0.194 e. The highest BCUT2D eigenvalue weighted by molar-refractivity contribution is 5.82. The van der Waals surface area contributed by atoms with Gasteiger partial charge in [-0.15, -0.1) is 0 Å². The summed E-state index contributed by atoms with van der Waals surface area (Å²) >= 11 is 0. The molecule has 0 radical (unpaired) electrons. The molecule has 0 saturated carbocycles. The van der Waals surface area contributed by atoms with Crippen molar-refractivity contribution in [3.05, 3.63) is 70.5 Å². The molecular weight excluding hydrogens is 337 g/mol. The molecule has 0 spiro atoms. The van der Waals surface area contributed by atoms with Gasteiger partial charge in [0.2, 0.25) is 0 Å². The molecule has 26 heavy (non-hydrogen) atoms. The van der Waals surface area contributed by atoms with Gasteiger partial charge >= 0.3 is 0 Å². The lowest BCUT2D eigenvalue weighted by molar-refractivity contribution is 0.447. The summed E-state index contributed by atoms with van der Waals surface area (Å²) in [6, 6.07) is 9.78. The largest absolute Gasteiger partial charge is 0.204 e. The van der Waals surface area contributed by atoms with Crippen molar-refractivity contribution >= 4 is 12.4 Å². The average Bonchev–Trinajstić information content (AvgIpc) is 2.64. The summed E-state index contributed by atoms with van der Waals surface area (Å²) in [6.45, 7) is 2.21. The van der Waals surface area contributed by atoms with E-state index < -0.39 is 17.5 Å². The van der Waals surface area contributed by atoms with Crippen LogP contribution in [-0.4, -0.2) is 12.4 Å². The van der Waals surface area contributed by atoms with Crippen molar-refractivity contribution in [1.82, 2.24) is 0 Å². The molecule has 2 aromatic carbocycles. The maximum Gasteiger partial charge on any atom is 0.194 e. The van der Waals surface area contributed by atoms with Gasteiger partial charge in [0.25, 0.3) is 0 Å². The van der Waals surface area contributed by atoms with Gasteiger partial charge < -0.3 is 0 Å². The monoisotopic (exact) mass is 360 g/mol. The SMILES string of the molecule is CCCCCCCc1ccc(/C=N/N=C/c2cc(F)c(F)c(F)c2)cc1. The molecule has 0 aliphatic rings. The van der Waals surface area contributed by atoms with Crippen LogP contribution in [0.5, 0.6) is 0 Å². The molecule has 0 amide bonds. The van der Waals surface area contributed by atoms with Crippen LogP contribution in [0.15, 0.2) is 46.6 Å². The minimum Gasteiger partial charge on any atom is -0.204 e. The van der Waals surface area contributed by atoms with E-state index in [4.69, 9.17) is 0 Å². The molecule has 5 heteroatoms. The van der Waals surface area contributed by atoms with E-state index >= 15 is 0 Å². The Balaban J connectivity index is 1.84. The zero-order chi connectivity index (χ0) is 18.8. The molecule has 0 aliphatic heterocycles. The summed E-state index contributed by atoms with van der Waals surface area (Å²) in [5.74, 6) is -3.99. The zero-order valence-corrected chi connectivity index (χ0v) is 14.9. The Morgan fingerprint density at radius 3 is 1.96 bits per heavy atom. The first kappa shape index (κ1) is 19.9. The summed E-state index contributed by atoms with van der Waals surface area (Å²) in [6.07, 6.45) is 10.1. The number of hydrogen-bond donors (Lipinski definition) is 0. The predicted molar refractivity (Wildman–Crippen MR) is 100 cm³/mol. The Hall–Kier alpha value is -2.43. The van der Waals surface area contributed by atoms with Gasteiger partial charge in [-0.3, -0.25) is 0 Å². The van der Waals surface area contributed by atoms with Crippen LogP contribution in [0.2, 0.25) is 0 Å². The standard InChI is InChI=1S/C21H23F3N2/c1-2-3-4-5-6-7-16-8-10-17(11-9-16)14-25-26-15-18-12-19(22)21(24)20(23)13-18/h8-15H,2-7H2,1H3/b25-14+,26-15+. The third-order valence-corrected chi connectivity index (χ3v) is 4.04. The summed E-state index contributed by atoms with van der Waals surface area (Å²) in [5.41, 5.74) is 2.28. The Bertz CT molecular complexity index is 729. The predicted octanol–water partition coefficient (Wildman–Crippen LogP) is 6.07. The van der Waals surface area contributed by atoms with Crippen molar-refractivity contribution < 1.29 is 13.2 Å². The van der Waals surface area contributed by atoms with Gasteiger partial charge in [0.15, 0.2) is 17.5 Å². The molecule has 0 N–H and O–H groups in total. The quantitative estimate of drug-likeness (QED) is 0.224. The van der Waals surface area contributed by atoms with Crippen LogP contribution < -0.4 is 0 Å². The third-order valence-electron chi connectivity index (χ3n) is 4.04. The van der Waals surface area contributed by atoms with Crippen LogP contribution in [-0.2, 0) is 6.42 Å². The maximum absolute atomic E-state index is 13.1. The first-order chi connectivity index (χ1) is 12.6. The molecular formula is C21H23F3N2. The zero-order valence-electron chi connectivity index (χ0n) is 14.9. The number of nitrogens with zero attached hydrogens (tertiary/aromatic N) is 2. The number of unbranched alkanes of at least 4 members (excludes halogenated alkanes) is 4. The Kier molecular flexibility index (Phi) is 8.06. The van der Waals surface area contributed by atoms with Gasteiger partial charge in [0.1, 0.15) is 0 Å². The molecule has 2 nitrogen and oxygen atoms in total. The van der Waals surface area contributed by atoms with E-state index in [0.29, 0.717) is 0 Å². The lowest BCUT2D eigenvalue weighted by Crippen LogP contribution is -1.93. The molecule has 138 valence electrons. The summed E-state index contributed by atoms with van der Waals surface area (Å²) in [4.78, 5) is 0. The number of halogens is 3. The van der Waals surface area contributed by atoms with Crippen LogP contribution >= 0.6 is 0 Å². The molecule has 0 atom stereocenters. The van der Waals surface area contributed by atoms with Crippen molar-refractivity contribution in [3.8, 4) is 0 Å². The highest BCUT2D eigenvalue weighted by Crippen LogP contribution is 2.12. The second kappa shape index (κ2) is 10.5. The maximum atomic E-state index is 13.1. The van der Waals surface area contributed by atoms with E-state index in [1.54, 1.807) is 6.21 Å². The van der Waals surface area contributed by atoms with Crippen LogP contribution in [0.25, 0.3) is 0 Å². The van der Waals surface area contributed by atoms with Gasteiger partial charge in [-0.1, -0.05) is 56.9 Å². The first-order valence-electron chi connectivity index (χ1n) is 8.90. The third kappa shape index (κ3) is 6.47. The van der Waals surface area contributed by atoms with E-state index in [9.17, 15) is 13.2 Å². The normalized spacial score (nSPS) is 11.7. The van der Waals surface area contributed by atoms with Crippen LogP contribution in [0.4, 0.5) is 13.2 Å². The highest BCUT2D eigenvalue weighted by Gasteiger charge is 2.09. The van der Waals surface area contributed by atoms with E-state index in [1.165, 1.54) is 43.9 Å². The van der Waals surface area contributed by atoms with Crippen molar-refractivity contribution in [2.75, 3.05) is 0 Å². The summed E-state index contributed by atoms with van der Waals surface area (Å²) in [7, 11) is 0. The van der Waals surface area contributed by atoms with Crippen LogP contribution in [0, 0.1) is 17.5 Å². The Morgan fingerprint density at radius 1 is 0.769 bits per heavy atom. The molecule has 0 unspecified atom stereocenters. The minimum absolute atomic E-state index is 0.108. The summed E-state index contributed by atoms with van der Waals surface area (Å²) < 4.78 is 39.0. The second-order valence-electron chi connectivity index (χ2n) is 6.19. The lowest BCUT2D eigenvalue weighted by Gasteiger charge is -2.02. The molecule has 0 fully saturated rings. The van der Waals surface area contributed by atoms with Gasteiger partial charge in [-0.25, -0.2) is 13.2 Å². The fourth-order valence-corrected chi connectivity index (χ4v) is 2.55. The number of benzene rings is 2. The number of aryl methyl sites for hydroxylation is 1. The van der Waals surface area contributed by atoms with Gasteiger partial charge in [0.05, 0.1) is 12.4 Å². The Morgan fingerprint density at radius 2 is 1.35 bits per heavy atom. The van der Waals surface area contributed by atoms with Gasteiger partial charge in [-0.2, -0.15) is 10.2 Å². The van der Waals surface area contributed by atoms with E-state index in [1.807, 2.05) is 12.1 Å². The van der Waals surface area contributed by atoms with Crippen LogP contribution in [0.1, 0.15) is 55.7 Å². The lowest BCUT2D eigenvalue weighted by atomic mass is 10.0. The van der Waals surface area contributed by atoms with E-state index in [-0.39, 0.29) is 5.56 Å². The minimum atomic E-state index is -1.49. The molecule has 0 aromatic heterocycles. The number of rotatable bonds is 9. The molecule has 0 aliphatic carbocycles. The fourth-order valence-electron chi connectivity index (χ4n) is 2.55. The average molecular weight is 360 g/mol. The van der Waals surface area contributed by atoms with Crippen molar-refractivity contribution in [3.63, 3.8) is 0 Å². The molecule has 0 saturated heterocycles. The van der Waals surface area contributed by atoms with Crippen LogP contribution in [0.3, 0.4) is 0 Å². The Labute approximate surface area is 152 Å². The number of hydrogen-bond acceptors (Lipinski definition) is 2. The summed E-state index contributed by atoms with van der Waals surface area (Å²) in [5, 5.41) is 7.59. The first-order valence-corrected chi connectivity index (χ1v) is 8.90.